The van der Waals surface area contributed by atoms with E-state index in [4.69, 9.17) is 0 Å². The van der Waals surface area contributed by atoms with Gasteiger partial charge in [-0.2, -0.15) is 0 Å². The number of hydrogen-bond acceptors (Lipinski definition) is 2. The molecule has 0 aromatic heterocycles. The molecular weight excluding hydrogens is 232 g/mol. The predicted molar refractivity (Wildman–Crippen MR) is 85.6 cm³/mol. The zero-order valence-corrected chi connectivity index (χ0v) is 13.9. The quantitative estimate of drug-likeness (QED) is 0.678. The summed E-state index contributed by atoms with van der Waals surface area (Å²) in [6, 6.07) is 2.18. The molecule has 0 spiro atoms. The molecule has 2 unspecified atom stereocenters. The molecule has 0 bridgehead atoms. The Morgan fingerprint density at radius 1 is 1.11 bits per heavy atom. The van der Waals surface area contributed by atoms with Crippen LogP contribution in [0.3, 0.4) is 0 Å². The summed E-state index contributed by atoms with van der Waals surface area (Å²) >= 11 is 0. The lowest BCUT2D eigenvalue weighted by Gasteiger charge is -2.35. The molecule has 114 valence electrons. The second-order valence-electron chi connectivity index (χ2n) is 6.93. The molecule has 0 aliphatic heterocycles. The van der Waals surface area contributed by atoms with Crippen LogP contribution in [-0.2, 0) is 0 Å². The lowest BCUT2D eigenvalue weighted by atomic mass is 10.1. The first-order valence-electron chi connectivity index (χ1n) is 8.53. The molecule has 0 aromatic rings. The highest BCUT2D eigenvalue weighted by atomic mass is 15.2. The van der Waals surface area contributed by atoms with Gasteiger partial charge in [0, 0.05) is 24.7 Å². The maximum atomic E-state index is 3.68. The van der Waals surface area contributed by atoms with Gasteiger partial charge in [0.25, 0.3) is 0 Å². The SMILES string of the molecule is CCC(C)NCC(C)N(CCC(C)C)C1CCCC1. The average Bonchev–Trinajstić information content (AvgIpc) is 2.89. The molecule has 0 amide bonds. The Morgan fingerprint density at radius 3 is 2.26 bits per heavy atom. The molecule has 0 radical (unpaired) electrons. The molecule has 0 heterocycles. The zero-order valence-electron chi connectivity index (χ0n) is 13.9. The molecule has 2 nitrogen and oxygen atoms in total. The fraction of sp³-hybridized carbons (Fsp3) is 1.00. The minimum atomic E-state index is 0.651. The van der Waals surface area contributed by atoms with Crippen LogP contribution in [0.4, 0.5) is 0 Å². The van der Waals surface area contributed by atoms with Crippen molar-refractivity contribution >= 4 is 0 Å². The molecule has 0 saturated heterocycles. The molecule has 1 saturated carbocycles. The summed E-state index contributed by atoms with van der Waals surface area (Å²) in [4.78, 5) is 2.79. The second kappa shape index (κ2) is 8.97. The van der Waals surface area contributed by atoms with Crippen LogP contribution in [-0.4, -0.2) is 36.1 Å². The highest BCUT2D eigenvalue weighted by Gasteiger charge is 2.26. The third kappa shape index (κ3) is 6.27. The second-order valence-corrected chi connectivity index (χ2v) is 6.93. The largest absolute Gasteiger partial charge is 0.313 e. The summed E-state index contributed by atoms with van der Waals surface area (Å²) in [5.74, 6) is 0.818. The molecule has 0 aromatic carbocycles. The van der Waals surface area contributed by atoms with Gasteiger partial charge in [0.1, 0.15) is 0 Å². The topological polar surface area (TPSA) is 15.3 Å². The van der Waals surface area contributed by atoms with Crippen molar-refractivity contribution in [2.24, 2.45) is 5.92 Å². The van der Waals surface area contributed by atoms with Crippen molar-refractivity contribution in [1.29, 1.82) is 0 Å². The Labute approximate surface area is 121 Å². The van der Waals surface area contributed by atoms with E-state index in [1.807, 2.05) is 0 Å². The molecule has 1 aliphatic carbocycles. The van der Waals surface area contributed by atoms with Gasteiger partial charge in [-0.15, -0.1) is 0 Å². The Morgan fingerprint density at radius 2 is 1.74 bits per heavy atom. The number of nitrogens with one attached hydrogen (secondary N) is 1. The van der Waals surface area contributed by atoms with Crippen molar-refractivity contribution in [2.75, 3.05) is 13.1 Å². The normalized spacial score (nSPS) is 20.4. The first-order valence-corrected chi connectivity index (χ1v) is 8.53. The lowest BCUT2D eigenvalue weighted by Crippen LogP contribution is -2.47. The van der Waals surface area contributed by atoms with Gasteiger partial charge >= 0.3 is 0 Å². The van der Waals surface area contributed by atoms with Crippen LogP contribution in [0, 0.1) is 5.92 Å². The Bertz CT molecular complexity index is 221. The van der Waals surface area contributed by atoms with E-state index in [0.717, 1.165) is 18.5 Å². The molecule has 1 aliphatic rings. The smallest absolute Gasteiger partial charge is 0.0195 e. The summed E-state index contributed by atoms with van der Waals surface area (Å²) in [5, 5.41) is 3.68. The van der Waals surface area contributed by atoms with E-state index in [9.17, 15) is 0 Å². The van der Waals surface area contributed by atoms with Crippen molar-refractivity contribution in [1.82, 2.24) is 10.2 Å². The number of nitrogens with zero attached hydrogens (tertiary/aromatic N) is 1. The van der Waals surface area contributed by atoms with Gasteiger partial charge in [-0.1, -0.05) is 33.6 Å². The predicted octanol–water partition coefficient (Wildman–Crippen LogP) is 4.05. The van der Waals surface area contributed by atoms with Crippen LogP contribution >= 0.6 is 0 Å². The fourth-order valence-electron chi connectivity index (χ4n) is 3.04. The Balaban J connectivity index is 2.45. The van der Waals surface area contributed by atoms with Gasteiger partial charge < -0.3 is 5.32 Å². The lowest BCUT2D eigenvalue weighted by molar-refractivity contribution is 0.133. The molecule has 1 fully saturated rings. The van der Waals surface area contributed by atoms with E-state index in [0.29, 0.717) is 12.1 Å². The van der Waals surface area contributed by atoms with E-state index in [2.05, 4.69) is 44.8 Å². The van der Waals surface area contributed by atoms with Gasteiger partial charge in [0.15, 0.2) is 0 Å². The Kier molecular flexibility index (Phi) is 8.01. The van der Waals surface area contributed by atoms with E-state index in [-0.39, 0.29) is 0 Å². The van der Waals surface area contributed by atoms with Gasteiger partial charge in [0.05, 0.1) is 0 Å². The summed E-state index contributed by atoms with van der Waals surface area (Å²) in [5.41, 5.74) is 0. The van der Waals surface area contributed by atoms with Crippen LogP contribution < -0.4 is 5.32 Å². The minimum Gasteiger partial charge on any atom is -0.313 e. The maximum Gasteiger partial charge on any atom is 0.0195 e. The van der Waals surface area contributed by atoms with Gasteiger partial charge in [0.2, 0.25) is 0 Å². The highest BCUT2D eigenvalue weighted by molar-refractivity contribution is 4.82. The first-order chi connectivity index (χ1) is 9.04. The molecule has 19 heavy (non-hydrogen) atoms. The van der Waals surface area contributed by atoms with E-state index in [1.54, 1.807) is 0 Å². The van der Waals surface area contributed by atoms with Gasteiger partial charge in [-0.25, -0.2) is 0 Å². The van der Waals surface area contributed by atoms with Crippen molar-refractivity contribution < 1.29 is 0 Å². The third-order valence-electron chi connectivity index (χ3n) is 4.70. The van der Waals surface area contributed by atoms with Crippen molar-refractivity contribution in [2.45, 2.75) is 91.3 Å². The van der Waals surface area contributed by atoms with Crippen LogP contribution in [0.1, 0.15) is 73.1 Å². The standard InChI is InChI=1S/C17H36N2/c1-6-15(4)18-13-16(5)19(12-11-14(2)3)17-9-7-8-10-17/h14-18H,6-13H2,1-5H3. The monoisotopic (exact) mass is 268 g/mol. The number of rotatable bonds is 9. The molecule has 1 N–H and O–H groups in total. The first kappa shape index (κ1) is 17.0. The fourth-order valence-corrected chi connectivity index (χ4v) is 3.04. The van der Waals surface area contributed by atoms with Crippen molar-refractivity contribution in [3.8, 4) is 0 Å². The zero-order chi connectivity index (χ0) is 14.3. The summed E-state index contributed by atoms with van der Waals surface area (Å²) in [6.45, 7) is 14.1. The van der Waals surface area contributed by atoms with E-state index in [1.165, 1.54) is 45.1 Å². The molecule has 1 rings (SSSR count). The summed E-state index contributed by atoms with van der Waals surface area (Å²) in [7, 11) is 0. The van der Waals surface area contributed by atoms with Crippen LogP contribution in [0.2, 0.25) is 0 Å². The van der Waals surface area contributed by atoms with E-state index >= 15 is 0 Å². The third-order valence-corrected chi connectivity index (χ3v) is 4.70. The highest BCUT2D eigenvalue weighted by Crippen LogP contribution is 2.25. The van der Waals surface area contributed by atoms with Crippen LogP contribution in [0.15, 0.2) is 0 Å². The number of hydrogen-bond donors (Lipinski definition) is 1. The molecular formula is C17H36N2. The Hall–Kier alpha value is -0.0800. The van der Waals surface area contributed by atoms with Gasteiger partial charge in [-0.3, -0.25) is 4.90 Å². The minimum absolute atomic E-state index is 0.651. The van der Waals surface area contributed by atoms with Crippen LogP contribution in [0.25, 0.3) is 0 Å². The van der Waals surface area contributed by atoms with Crippen LogP contribution in [0.5, 0.6) is 0 Å². The molecule has 2 heteroatoms. The average molecular weight is 268 g/mol. The van der Waals surface area contributed by atoms with Crippen molar-refractivity contribution in [3.63, 3.8) is 0 Å². The van der Waals surface area contributed by atoms with Crippen molar-refractivity contribution in [3.05, 3.63) is 0 Å². The van der Waals surface area contributed by atoms with Gasteiger partial charge in [-0.05, 0) is 52.0 Å². The summed E-state index contributed by atoms with van der Waals surface area (Å²) < 4.78 is 0. The summed E-state index contributed by atoms with van der Waals surface area (Å²) in [6.07, 6.45) is 8.28. The maximum absolute atomic E-state index is 3.68. The molecule has 2 atom stereocenters. The van der Waals surface area contributed by atoms with E-state index < -0.39 is 0 Å².